The molecule has 3 rings (SSSR count). The van der Waals surface area contributed by atoms with Gasteiger partial charge in [0, 0.05) is 37.9 Å². The van der Waals surface area contributed by atoms with Crippen LogP contribution in [0.3, 0.4) is 0 Å². The van der Waals surface area contributed by atoms with Crippen molar-refractivity contribution in [3.05, 3.63) is 48.5 Å². The Morgan fingerprint density at radius 3 is 2.10 bits per heavy atom. The fourth-order valence-corrected chi connectivity index (χ4v) is 4.59. The number of carbonyl (C=O) groups is 1. The molecule has 0 radical (unpaired) electrons. The summed E-state index contributed by atoms with van der Waals surface area (Å²) in [4.78, 5) is 16.7. The minimum atomic E-state index is -3.55. The molecule has 8 nitrogen and oxygen atoms in total. The Bertz CT molecular complexity index is 967. The maximum absolute atomic E-state index is 12.5. The summed E-state index contributed by atoms with van der Waals surface area (Å²) in [5.74, 6) is 1.18. The number of hydrogen-bond acceptors (Lipinski definition) is 6. The minimum Gasteiger partial charge on any atom is -0.497 e. The van der Waals surface area contributed by atoms with E-state index in [1.807, 2.05) is 24.3 Å². The fourth-order valence-electron chi connectivity index (χ4n) is 3.34. The van der Waals surface area contributed by atoms with E-state index in [9.17, 15) is 13.2 Å². The van der Waals surface area contributed by atoms with Gasteiger partial charge in [0.2, 0.25) is 10.0 Å². The first-order chi connectivity index (χ1) is 14.8. The summed E-state index contributed by atoms with van der Waals surface area (Å²) < 4.78 is 37.6. The highest BCUT2D eigenvalue weighted by molar-refractivity contribution is 7.89. The SMILES string of the molecule is COc1ccc(N2CCN(C(=O)COc3ccc(S(=O)(=O)NC(C)C)cc3)CC2)cc1. The number of benzene rings is 2. The third-order valence-corrected chi connectivity index (χ3v) is 6.63. The molecular formula is C22H29N3O5S. The molecule has 0 saturated carbocycles. The molecule has 1 saturated heterocycles. The molecule has 0 bridgehead atoms. The van der Waals surface area contributed by atoms with E-state index in [-0.39, 0.29) is 23.5 Å². The van der Waals surface area contributed by atoms with Crippen molar-refractivity contribution in [3.63, 3.8) is 0 Å². The molecule has 168 valence electrons. The molecule has 0 spiro atoms. The molecule has 31 heavy (non-hydrogen) atoms. The first kappa shape index (κ1) is 22.9. The van der Waals surface area contributed by atoms with Crippen LogP contribution in [0.5, 0.6) is 11.5 Å². The normalized spacial score (nSPS) is 14.6. The van der Waals surface area contributed by atoms with Crippen LogP contribution in [-0.4, -0.2) is 65.2 Å². The van der Waals surface area contributed by atoms with Gasteiger partial charge in [0.25, 0.3) is 5.91 Å². The van der Waals surface area contributed by atoms with Crippen molar-refractivity contribution >= 4 is 21.6 Å². The van der Waals surface area contributed by atoms with Crippen LogP contribution >= 0.6 is 0 Å². The van der Waals surface area contributed by atoms with Crippen LogP contribution in [0.2, 0.25) is 0 Å². The number of hydrogen-bond donors (Lipinski definition) is 1. The van der Waals surface area contributed by atoms with E-state index in [4.69, 9.17) is 9.47 Å². The number of nitrogens with one attached hydrogen (secondary N) is 1. The van der Waals surface area contributed by atoms with E-state index >= 15 is 0 Å². The summed E-state index contributed by atoms with van der Waals surface area (Å²) in [7, 11) is -1.91. The highest BCUT2D eigenvalue weighted by atomic mass is 32.2. The number of sulfonamides is 1. The van der Waals surface area contributed by atoms with Crippen molar-refractivity contribution in [1.82, 2.24) is 9.62 Å². The Kier molecular flexibility index (Phi) is 7.40. The number of piperazine rings is 1. The van der Waals surface area contributed by atoms with Gasteiger partial charge in [-0.25, -0.2) is 13.1 Å². The first-order valence-corrected chi connectivity index (χ1v) is 11.7. The molecule has 0 unspecified atom stereocenters. The van der Waals surface area contributed by atoms with Crippen molar-refractivity contribution in [1.29, 1.82) is 0 Å². The topological polar surface area (TPSA) is 88.2 Å². The Morgan fingerprint density at radius 2 is 1.55 bits per heavy atom. The molecule has 2 aromatic carbocycles. The van der Waals surface area contributed by atoms with Gasteiger partial charge in [-0.1, -0.05) is 0 Å². The molecular weight excluding hydrogens is 418 g/mol. The fraction of sp³-hybridized carbons (Fsp3) is 0.409. The van der Waals surface area contributed by atoms with Gasteiger partial charge in [-0.05, 0) is 62.4 Å². The van der Waals surface area contributed by atoms with Crippen LogP contribution in [0.1, 0.15) is 13.8 Å². The van der Waals surface area contributed by atoms with Gasteiger partial charge in [-0.15, -0.1) is 0 Å². The van der Waals surface area contributed by atoms with Crippen LogP contribution in [-0.2, 0) is 14.8 Å². The molecule has 0 aromatic heterocycles. The van der Waals surface area contributed by atoms with Gasteiger partial charge in [0.1, 0.15) is 11.5 Å². The molecule has 1 heterocycles. The van der Waals surface area contributed by atoms with Crippen molar-refractivity contribution in [2.45, 2.75) is 24.8 Å². The van der Waals surface area contributed by atoms with Crippen LogP contribution < -0.4 is 19.1 Å². The Balaban J connectivity index is 1.48. The molecule has 1 amide bonds. The average Bonchev–Trinajstić information content (AvgIpc) is 2.77. The van der Waals surface area contributed by atoms with E-state index < -0.39 is 10.0 Å². The van der Waals surface area contributed by atoms with Crippen LogP contribution in [0.25, 0.3) is 0 Å². The molecule has 0 aliphatic carbocycles. The summed E-state index contributed by atoms with van der Waals surface area (Å²) in [6.07, 6.45) is 0. The minimum absolute atomic E-state index is 0.0844. The van der Waals surface area contributed by atoms with Crippen molar-refractivity contribution < 1.29 is 22.7 Å². The van der Waals surface area contributed by atoms with E-state index in [0.717, 1.165) is 24.5 Å². The summed E-state index contributed by atoms with van der Waals surface area (Å²) in [6.45, 7) is 6.16. The zero-order valence-corrected chi connectivity index (χ0v) is 18.9. The Morgan fingerprint density at radius 1 is 0.968 bits per heavy atom. The zero-order chi connectivity index (χ0) is 22.4. The second-order valence-electron chi connectivity index (χ2n) is 7.60. The standard InChI is InChI=1S/C22H29N3O5S/c1-17(2)23-31(27,28)21-10-8-20(9-11-21)30-16-22(26)25-14-12-24(13-15-25)18-4-6-19(29-3)7-5-18/h4-11,17,23H,12-16H2,1-3H3. The van der Waals surface area contributed by atoms with E-state index in [2.05, 4.69) is 9.62 Å². The monoisotopic (exact) mass is 447 g/mol. The summed E-state index contributed by atoms with van der Waals surface area (Å²) in [6, 6.07) is 13.7. The molecule has 1 fully saturated rings. The first-order valence-electron chi connectivity index (χ1n) is 10.2. The van der Waals surface area contributed by atoms with Crippen molar-refractivity contribution in [2.24, 2.45) is 0 Å². The summed E-state index contributed by atoms with van der Waals surface area (Å²) in [5.41, 5.74) is 1.10. The smallest absolute Gasteiger partial charge is 0.260 e. The lowest BCUT2D eigenvalue weighted by atomic mass is 10.2. The lowest BCUT2D eigenvalue weighted by Gasteiger charge is -2.36. The lowest BCUT2D eigenvalue weighted by molar-refractivity contribution is -0.133. The maximum Gasteiger partial charge on any atom is 0.260 e. The van der Waals surface area contributed by atoms with E-state index in [1.54, 1.807) is 38.0 Å². The van der Waals surface area contributed by atoms with Gasteiger partial charge in [-0.2, -0.15) is 0 Å². The molecule has 1 N–H and O–H groups in total. The second kappa shape index (κ2) is 10.0. The Labute approximate surface area is 183 Å². The predicted octanol–water partition coefficient (Wildman–Crippen LogP) is 2.11. The van der Waals surface area contributed by atoms with E-state index in [1.165, 1.54) is 12.1 Å². The van der Waals surface area contributed by atoms with Crippen LogP contribution in [0.15, 0.2) is 53.4 Å². The average molecular weight is 448 g/mol. The van der Waals surface area contributed by atoms with Gasteiger partial charge >= 0.3 is 0 Å². The Hall–Kier alpha value is -2.78. The molecule has 1 aliphatic heterocycles. The second-order valence-corrected chi connectivity index (χ2v) is 9.32. The number of rotatable bonds is 8. The van der Waals surface area contributed by atoms with Crippen LogP contribution in [0, 0.1) is 0 Å². The number of anilines is 1. The predicted molar refractivity (Wildman–Crippen MR) is 119 cm³/mol. The number of carbonyl (C=O) groups excluding carboxylic acids is 1. The third-order valence-electron chi connectivity index (χ3n) is 4.96. The van der Waals surface area contributed by atoms with Crippen molar-refractivity contribution in [3.8, 4) is 11.5 Å². The number of nitrogens with zero attached hydrogens (tertiary/aromatic N) is 2. The van der Waals surface area contributed by atoms with Gasteiger partial charge in [0.05, 0.1) is 12.0 Å². The lowest BCUT2D eigenvalue weighted by Crippen LogP contribution is -2.50. The highest BCUT2D eigenvalue weighted by Gasteiger charge is 2.22. The molecule has 9 heteroatoms. The molecule has 1 aliphatic rings. The van der Waals surface area contributed by atoms with Crippen LogP contribution in [0.4, 0.5) is 5.69 Å². The quantitative estimate of drug-likeness (QED) is 0.667. The molecule has 2 aromatic rings. The van der Waals surface area contributed by atoms with Crippen molar-refractivity contribution in [2.75, 3.05) is 44.8 Å². The maximum atomic E-state index is 12.5. The number of ether oxygens (including phenoxy) is 2. The third kappa shape index (κ3) is 6.11. The number of amides is 1. The van der Waals surface area contributed by atoms with Gasteiger partial charge in [0.15, 0.2) is 6.61 Å². The number of methoxy groups -OCH3 is 1. The zero-order valence-electron chi connectivity index (χ0n) is 18.1. The van der Waals surface area contributed by atoms with Gasteiger partial charge in [-0.3, -0.25) is 4.79 Å². The summed E-state index contributed by atoms with van der Waals surface area (Å²) in [5, 5.41) is 0. The largest absolute Gasteiger partial charge is 0.497 e. The van der Waals surface area contributed by atoms with Gasteiger partial charge < -0.3 is 19.3 Å². The molecule has 0 atom stereocenters. The highest BCUT2D eigenvalue weighted by Crippen LogP contribution is 2.21. The van der Waals surface area contributed by atoms with E-state index in [0.29, 0.717) is 18.8 Å². The summed E-state index contributed by atoms with van der Waals surface area (Å²) >= 11 is 0.